The fourth-order valence-corrected chi connectivity index (χ4v) is 2.35. The summed E-state index contributed by atoms with van der Waals surface area (Å²) in [4.78, 5) is 23.1. The fraction of sp³-hybridized carbons (Fsp3) is 0.176. The molecule has 2 rings (SSSR count). The van der Waals surface area contributed by atoms with Gasteiger partial charge in [0.1, 0.15) is 0 Å². The first-order valence-corrected chi connectivity index (χ1v) is 7.00. The molecular formula is C17H16O2S. The maximum Gasteiger partial charge on any atom is 0.190 e. The Morgan fingerprint density at radius 3 is 2.35 bits per heavy atom. The summed E-state index contributed by atoms with van der Waals surface area (Å²) in [5.74, 6) is 0.0810. The van der Waals surface area contributed by atoms with Gasteiger partial charge in [0.05, 0.1) is 0 Å². The van der Waals surface area contributed by atoms with Gasteiger partial charge in [-0.2, -0.15) is 0 Å². The van der Waals surface area contributed by atoms with E-state index in [0.29, 0.717) is 12.0 Å². The molecule has 0 saturated carbocycles. The lowest BCUT2D eigenvalue weighted by atomic mass is 9.94. The van der Waals surface area contributed by atoms with E-state index in [1.54, 1.807) is 0 Å². The third-order valence-corrected chi connectivity index (χ3v) is 3.33. The molecule has 0 N–H and O–H groups in total. The topological polar surface area (TPSA) is 34.1 Å². The third kappa shape index (κ3) is 3.36. The average molecular weight is 284 g/mol. The molecule has 0 aliphatic heterocycles. The normalized spacial score (nSPS) is 10.3. The minimum absolute atomic E-state index is 0.0810. The first kappa shape index (κ1) is 14.5. The molecule has 2 aromatic carbocycles. The Labute approximate surface area is 124 Å². The number of hydrogen-bond donors (Lipinski definition) is 1. The number of rotatable bonds is 5. The highest BCUT2D eigenvalue weighted by atomic mass is 32.1. The van der Waals surface area contributed by atoms with Gasteiger partial charge in [0.15, 0.2) is 10.9 Å². The van der Waals surface area contributed by atoms with E-state index in [1.165, 1.54) is 0 Å². The van der Waals surface area contributed by atoms with Crippen molar-refractivity contribution in [2.45, 2.75) is 19.8 Å². The first-order valence-electron chi connectivity index (χ1n) is 6.55. The van der Waals surface area contributed by atoms with Crippen molar-refractivity contribution in [1.82, 2.24) is 0 Å². The van der Waals surface area contributed by atoms with Crippen LogP contribution in [0.4, 0.5) is 0 Å². The van der Waals surface area contributed by atoms with Crippen molar-refractivity contribution in [3.63, 3.8) is 0 Å². The van der Waals surface area contributed by atoms with E-state index in [1.807, 2.05) is 55.5 Å². The van der Waals surface area contributed by atoms with Crippen molar-refractivity contribution >= 4 is 23.5 Å². The van der Waals surface area contributed by atoms with Crippen LogP contribution in [0.2, 0.25) is 0 Å². The molecule has 0 aliphatic rings. The van der Waals surface area contributed by atoms with Crippen LogP contribution in [-0.4, -0.2) is 10.9 Å². The van der Waals surface area contributed by atoms with Crippen molar-refractivity contribution in [2.75, 3.05) is 0 Å². The highest BCUT2D eigenvalue weighted by Gasteiger charge is 2.11. The largest absolute Gasteiger partial charge is 0.294 e. The van der Waals surface area contributed by atoms with Crippen molar-refractivity contribution in [2.24, 2.45) is 0 Å². The second-order valence-electron chi connectivity index (χ2n) is 4.59. The van der Waals surface area contributed by atoms with Gasteiger partial charge in [-0.05, 0) is 22.8 Å². The molecule has 20 heavy (non-hydrogen) atoms. The number of Topliss-reactive ketones (excluding diaryl/α,β-unsaturated/α-hetero) is 1. The summed E-state index contributed by atoms with van der Waals surface area (Å²) in [5.41, 5.74) is 3.50. The van der Waals surface area contributed by atoms with E-state index >= 15 is 0 Å². The molecule has 0 unspecified atom stereocenters. The van der Waals surface area contributed by atoms with E-state index in [4.69, 9.17) is 0 Å². The van der Waals surface area contributed by atoms with Gasteiger partial charge < -0.3 is 0 Å². The zero-order valence-corrected chi connectivity index (χ0v) is 12.2. The number of carbonyl (C=O) groups is 2. The van der Waals surface area contributed by atoms with Crippen molar-refractivity contribution in [3.05, 3.63) is 59.7 Å². The summed E-state index contributed by atoms with van der Waals surface area (Å²) in [5, 5.41) is -0.205. The molecule has 0 spiro atoms. The SMILES string of the molecule is CCC(=O)c1ccc(-c2ccccc2)c(CC(=O)S)c1. The number of benzene rings is 2. The molecule has 0 aromatic heterocycles. The van der Waals surface area contributed by atoms with Gasteiger partial charge in [0.2, 0.25) is 0 Å². The molecule has 0 bridgehead atoms. The molecule has 0 aliphatic carbocycles. The second-order valence-corrected chi connectivity index (χ2v) is 5.08. The Kier molecular flexibility index (Phi) is 4.74. The molecular weight excluding hydrogens is 268 g/mol. The van der Waals surface area contributed by atoms with Crippen molar-refractivity contribution in [1.29, 1.82) is 0 Å². The predicted molar refractivity (Wildman–Crippen MR) is 84.2 cm³/mol. The zero-order chi connectivity index (χ0) is 14.5. The Morgan fingerprint density at radius 2 is 1.75 bits per heavy atom. The first-order chi connectivity index (χ1) is 9.61. The number of carbonyl (C=O) groups excluding carboxylic acids is 2. The van der Waals surface area contributed by atoms with Crippen molar-refractivity contribution < 1.29 is 9.59 Å². The number of ketones is 1. The van der Waals surface area contributed by atoms with Crippen LogP contribution in [0.5, 0.6) is 0 Å². The van der Waals surface area contributed by atoms with E-state index in [-0.39, 0.29) is 17.3 Å². The van der Waals surface area contributed by atoms with Crippen LogP contribution in [0.3, 0.4) is 0 Å². The Balaban J connectivity index is 2.51. The van der Waals surface area contributed by atoms with Crippen LogP contribution in [-0.2, 0) is 11.2 Å². The van der Waals surface area contributed by atoms with Gasteiger partial charge in [-0.25, -0.2) is 0 Å². The fourth-order valence-electron chi connectivity index (χ4n) is 2.18. The minimum Gasteiger partial charge on any atom is -0.294 e. The Bertz CT molecular complexity index is 633. The van der Waals surface area contributed by atoms with Crippen LogP contribution in [0, 0.1) is 0 Å². The maximum atomic E-state index is 11.8. The Hall–Kier alpha value is -1.87. The number of thiol groups is 1. The average Bonchev–Trinajstić information content (AvgIpc) is 2.46. The van der Waals surface area contributed by atoms with E-state index in [2.05, 4.69) is 12.6 Å². The highest BCUT2D eigenvalue weighted by Crippen LogP contribution is 2.26. The summed E-state index contributed by atoms with van der Waals surface area (Å²) >= 11 is 3.85. The minimum atomic E-state index is -0.205. The molecule has 0 radical (unpaired) electrons. The van der Waals surface area contributed by atoms with Gasteiger partial charge in [0.25, 0.3) is 0 Å². The Morgan fingerprint density at radius 1 is 1.05 bits per heavy atom. The lowest BCUT2D eigenvalue weighted by Gasteiger charge is -2.10. The highest BCUT2D eigenvalue weighted by molar-refractivity contribution is 7.96. The molecule has 0 amide bonds. The standard InChI is InChI=1S/C17H16O2S/c1-2-16(18)13-8-9-15(12-6-4-3-5-7-12)14(10-13)11-17(19)20/h3-10H,2,11H2,1H3,(H,19,20). The van der Waals surface area contributed by atoms with Gasteiger partial charge in [0, 0.05) is 18.4 Å². The smallest absolute Gasteiger partial charge is 0.190 e. The van der Waals surface area contributed by atoms with E-state index in [0.717, 1.165) is 16.7 Å². The summed E-state index contributed by atoms with van der Waals surface area (Å²) in [6.07, 6.45) is 0.678. The quantitative estimate of drug-likeness (QED) is 0.666. The molecule has 0 saturated heterocycles. The summed E-state index contributed by atoms with van der Waals surface area (Å²) in [7, 11) is 0. The lowest BCUT2D eigenvalue weighted by molar-refractivity contribution is -0.110. The van der Waals surface area contributed by atoms with Crippen LogP contribution < -0.4 is 0 Å². The van der Waals surface area contributed by atoms with Gasteiger partial charge in [-0.1, -0.05) is 49.4 Å². The van der Waals surface area contributed by atoms with Crippen LogP contribution >= 0.6 is 12.6 Å². The second kappa shape index (κ2) is 6.53. The maximum absolute atomic E-state index is 11.8. The monoisotopic (exact) mass is 284 g/mol. The van der Waals surface area contributed by atoms with Gasteiger partial charge >= 0.3 is 0 Å². The predicted octanol–water partition coefficient (Wildman–Crippen LogP) is 3.95. The zero-order valence-electron chi connectivity index (χ0n) is 11.3. The van der Waals surface area contributed by atoms with Crippen LogP contribution in [0.15, 0.2) is 48.5 Å². The molecule has 2 nitrogen and oxygen atoms in total. The molecule has 3 heteroatoms. The van der Waals surface area contributed by atoms with Crippen LogP contribution in [0.25, 0.3) is 11.1 Å². The molecule has 2 aromatic rings. The summed E-state index contributed by atoms with van der Waals surface area (Å²) in [6.45, 7) is 1.83. The molecule has 102 valence electrons. The third-order valence-electron chi connectivity index (χ3n) is 3.17. The summed E-state index contributed by atoms with van der Waals surface area (Å²) < 4.78 is 0. The molecule has 0 fully saturated rings. The van der Waals surface area contributed by atoms with Gasteiger partial charge in [-0.15, -0.1) is 12.6 Å². The van der Waals surface area contributed by atoms with Crippen LogP contribution in [0.1, 0.15) is 29.3 Å². The molecule has 0 heterocycles. The van der Waals surface area contributed by atoms with Crippen molar-refractivity contribution in [3.8, 4) is 11.1 Å². The lowest BCUT2D eigenvalue weighted by Crippen LogP contribution is -2.02. The van der Waals surface area contributed by atoms with E-state index < -0.39 is 0 Å². The number of hydrogen-bond acceptors (Lipinski definition) is 2. The van der Waals surface area contributed by atoms with E-state index in [9.17, 15) is 9.59 Å². The summed E-state index contributed by atoms with van der Waals surface area (Å²) in [6, 6.07) is 15.4. The molecule has 0 atom stereocenters. The van der Waals surface area contributed by atoms with Gasteiger partial charge in [-0.3, -0.25) is 9.59 Å².